The molecule has 1 fully saturated rings. The Bertz CT molecular complexity index is 496. The first kappa shape index (κ1) is 13.0. The minimum atomic E-state index is -0.876. The summed E-state index contributed by atoms with van der Waals surface area (Å²) in [6, 6.07) is 1.90. The molecule has 5 heteroatoms. The van der Waals surface area contributed by atoms with Crippen LogP contribution in [0.4, 0.5) is 8.78 Å². The van der Waals surface area contributed by atoms with Gasteiger partial charge in [-0.3, -0.25) is 0 Å². The molecule has 1 aromatic carbocycles. The summed E-state index contributed by atoms with van der Waals surface area (Å²) < 4.78 is 32.2. The first-order valence-electron chi connectivity index (χ1n) is 5.46. The van der Waals surface area contributed by atoms with Crippen molar-refractivity contribution in [3.63, 3.8) is 0 Å². The van der Waals surface area contributed by atoms with Gasteiger partial charge in [0.05, 0.1) is 24.4 Å². The molecule has 0 unspecified atom stereocenters. The smallest absolute Gasteiger partial charge is 0.141 e. The van der Waals surface area contributed by atoms with Crippen LogP contribution < -0.4 is 0 Å². The van der Waals surface area contributed by atoms with Crippen molar-refractivity contribution in [2.75, 3.05) is 6.61 Å². The van der Waals surface area contributed by atoms with Gasteiger partial charge in [-0.15, -0.1) is 6.42 Å². The summed E-state index contributed by atoms with van der Waals surface area (Å²) in [7, 11) is 0. The molecule has 1 heterocycles. The van der Waals surface area contributed by atoms with E-state index in [4.69, 9.17) is 16.3 Å². The standard InChI is InChI=1S/C13H12F2O3/c1-2-7-3-8(10(15)4-9(7)14)12-5-11(17)13(6-16)18-12/h1,3-4,11-13,16-17H,5-6H2/t11-,12+,13+/m0/s1. The number of hydrogen-bond acceptors (Lipinski definition) is 3. The summed E-state index contributed by atoms with van der Waals surface area (Å²) in [5.74, 6) is 0.529. The molecule has 0 amide bonds. The molecule has 1 aromatic rings. The zero-order valence-corrected chi connectivity index (χ0v) is 9.44. The number of aliphatic hydroxyl groups excluding tert-OH is 2. The number of halogens is 2. The van der Waals surface area contributed by atoms with E-state index in [1.807, 2.05) is 0 Å². The van der Waals surface area contributed by atoms with Crippen LogP contribution in [0.25, 0.3) is 0 Å². The molecule has 0 aliphatic carbocycles. The van der Waals surface area contributed by atoms with E-state index in [1.165, 1.54) is 6.07 Å². The van der Waals surface area contributed by atoms with Crippen LogP contribution in [0.2, 0.25) is 0 Å². The third-order valence-electron chi connectivity index (χ3n) is 2.99. The van der Waals surface area contributed by atoms with Crippen LogP contribution in [-0.4, -0.2) is 29.0 Å². The van der Waals surface area contributed by atoms with Crippen molar-refractivity contribution in [1.29, 1.82) is 0 Å². The van der Waals surface area contributed by atoms with E-state index < -0.39 is 29.9 Å². The van der Waals surface area contributed by atoms with Crippen LogP contribution in [0.15, 0.2) is 12.1 Å². The highest BCUT2D eigenvalue weighted by Gasteiger charge is 2.35. The molecule has 1 aliphatic rings. The van der Waals surface area contributed by atoms with Crippen LogP contribution in [0.1, 0.15) is 23.7 Å². The number of rotatable bonds is 2. The highest BCUT2D eigenvalue weighted by atomic mass is 19.1. The molecule has 3 nitrogen and oxygen atoms in total. The lowest BCUT2D eigenvalue weighted by molar-refractivity contribution is -0.0233. The molecule has 0 aromatic heterocycles. The summed E-state index contributed by atoms with van der Waals surface area (Å²) >= 11 is 0. The van der Waals surface area contributed by atoms with Gasteiger partial charge >= 0.3 is 0 Å². The fourth-order valence-electron chi connectivity index (χ4n) is 2.02. The van der Waals surface area contributed by atoms with Gasteiger partial charge in [0.15, 0.2) is 0 Å². The van der Waals surface area contributed by atoms with Gasteiger partial charge in [0.25, 0.3) is 0 Å². The van der Waals surface area contributed by atoms with Crippen LogP contribution in [0.3, 0.4) is 0 Å². The number of benzene rings is 1. The van der Waals surface area contributed by atoms with Crippen molar-refractivity contribution in [2.24, 2.45) is 0 Å². The van der Waals surface area contributed by atoms with Crippen molar-refractivity contribution >= 4 is 0 Å². The molecule has 3 atom stereocenters. The quantitative estimate of drug-likeness (QED) is 0.778. The van der Waals surface area contributed by atoms with Gasteiger partial charge in [-0.25, -0.2) is 8.78 Å². The lowest BCUT2D eigenvalue weighted by Gasteiger charge is -2.13. The lowest BCUT2D eigenvalue weighted by atomic mass is 10.0. The maximum Gasteiger partial charge on any atom is 0.141 e. The summed E-state index contributed by atoms with van der Waals surface area (Å²) in [5, 5.41) is 18.5. The minimum absolute atomic E-state index is 0.0584. The Kier molecular flexibility index (Phi) is 3.62. The molecular weight excluding hydrogens is 242 g/mol. The van der Waals surface area contributed by atoms with Crippen molar-refractivity contribution < 1.29 is 23.7 Å². The topological polar surface area (TPSA) is 49.7 Å². The Balaban J connectivity index is 2.33. The summed E-state index contributed by atoms with van der Waals surface area (Å²) in [4.78, 5) is 0. The second-order valence-electron chi connectivity index (χ2n) is 4.15. The molecule has 0 radical (unpaired) electrons. The van der Waals surface area contributed by atoms with E-state index in [-0.39, 0.29) is 24.2 Å². The zero-order chi connectivity index (χ0) is 13.3. The number of hydrogen-bond donors (Lipinski definition) is 2. The third kappa shape index (κ3) is 2.23. The molecule has 2 N–H and O–H groups in total. The van der Waals surface area contributed by atoms with Gasteiger partial charge < -0.3 is 14.9 Å². The van der Waals surface area contributed by atoms with Crippen LogP contribution in [-0.2, 0) is 4.74 Å². The highest BCUT2D eigenvalue weighted by Crippen LogP contribution is 2.35. The van der Waals surface area contributed by atoms with Crippen molar-refractivity contribution in [2.45, 2.75) is 24.7 Å². The van der Waals surface area contributed by atoms with Gasteiger partial charge in [0.2, 0.25) is 0 Å². The molecule has 0 bridgehead atoms. The van der Waals surface area contributed by atoms with Crippen LogP contribution >= 0.6 is 0 Å². The van der Waals surface area contributed by atoms with Gasteiger partial charge in [-0.1, -0.05) is 5.92 Å². The maximum absolute atomic E-state index is 13.6. The first-order valence-corrected chi connectivity index (χ1v) is 5.46. The van der Waals surface area contributed by atoms with E-state index in [0.717, 1.165) is 0 Å². The Morgan fingerprint density at radius 3 is 2.67 bits per heavy atom. The monoisotopic (exact) mass is 254 g/mol. The van der Waals surface area contributed by atoms with Crippen LogP contribution in [0.5, 0.6) is 0 Å². The second kappa shape index (κ2) is 5.02. The molecule has 1 aliphatic heterocycles. The van der Waals surface area contributed by atoms with Gasteiger partial charge in [0, 0.05) is 18.1 Å². The average Bonchev–Trinajstić information content (AvgIpc) is 2.70. The zero-order valence-electron chi connectivity index (χ0n) is 9.44. The molecule has 1 saturated heterocycles. The predicted molar refractivity (Wildman–Crippen MR) is 59.6 cm³/mol. The van der Waals surface area contributed by atoms with Crippen molar-refractivity contribution in [3.05, 3.63) is 34.9 Å². The van der Waals surface area contributed by atoms with Gasteiger partial charge in [-0.2, -0.15) is 0 Å². The number of aliphatic hydroxyl groups is 2. The normalized spacial score (nSPS) is 27.2. The lowest BCUT2D eigenvalue weighted by Crippen LogP contribution is -2.24. The number of ether oxygens (including phenoxy) is 1. The Hall–Kier alpha value is -1.48. The van der Waals surface area contributed by atoms with Crippen molar-refractivity contribution in [3.8, 4) is 12.3 Å². The highest BCUT2D eigenvalue weighted by molar-refractivity contribution is 5.38. The van der Waals surface area contributed by atoms with Crippen molar-refractivity contribution in [1.82, 2.24) is 0 Å². The molecule has 96 valence electrons. The largest absolute Gasteiger partial charge is 0.394 e. The molecule has 18 heavy (non-hydrogen) atoms. The summed E-state index contributed by atoms with van der Waals surface area (Å²) in [6.07, 6.45) is 2.88. The maximum atomic E-state index is 13.6. The first-order chi connectivity index (χ1) is 8.56. The van der Waals surface area contributed by atoms with Gasteiger partial charge in [-0.05, 0) is 6.07 Å². The fraction of sp³-hybridized carbons (Fsp3) is 0.385. The number of terminal acetylenes is 1. The van der Waals surface area contributed by atoms with E-state index in [1.54, 1.807) is 0 Å². The predicted octanol–water partition coefficient (Wildman–Crippen LogP) is 1.13. The minimum Gasteiger partial charge on any atom is -0.394 e. The molecular formula is C13H12F2O3. The Morgan fingerprint density at radius 2 is 2.11 bits per heavy atom. The van der Waals surface area contributed by atoms with E-state index in [9.17, 15) is 13.9 Å². The average molecular weight is 254 g/mol. The molecule has 2 rings (SSSR count). The summed E-state index contributed by atoms with van der Waals surface area (Å²) in [5.41, 5.74) is 0.0382. The third-order valence-corrected chi connectivity index (χ3v) is 2.99. The van der Waals surface area contributed by atoms with E-state index >= 15 is 0 Å². The second-order valence-corrected chi connectivity index (χ2v) is 4.15. The fourth-order valence-corrected chi connectivity index (χ4v) is 2.02. The van der Waals surface area contributed by atoms with Crippen LogP contribution in [0, 0.1) is 24.0 Å². The molecule has 0 spiro atoms. The van der Waals surface area contributed by atoms with Gasteiger partial charge in [0.1, 0.15) is 17.7 Å². The Labute approximate surface area is 103 Å². The Morgan fingerprint density at radius 1 is 1.39 bits per heavy atom. The SMILES string of the molecule is C#Cc1cc([C@H]2C[C@H](O)[C@@H](CO)O2)c(F)cc1F. The van der Waals surface area contributed by atoms with E-state index in [0.29, 0.717) is 6.07 Å². The molecule has 0 saturated carbocycles. The van der Waals surface area contributed by atoms with E-state index in [2.05, 4.69) is 5.92 Å². The summed E-state index contributed by atoms with van der Waals surface area (Å²) in [6.45, 7) is -0.359.